The summed E-state index contributed by atoms with van der Waals surface area (Å²) >= 11 is 0. The van der Waals surface area contributed by atoms with Gasteiger partial charge in [0.05, 0.1) is 0 Å². The summed E-state index contributed by atoms with van der Waals surface area (Å²) in [6, 6.07) is 6.19. The molecule has 2 aliphatic rings. The van der Waals surface area contributed by atoms with Crippen LogP contribution in [0, 0.1) is 0 Å². The first-order valence-electron chi connectivity index (χ1n) is 7.85. The summed E-state index contributed by atoms with van der Waals surface area (Å²) in [4.78, 5) is 16.5. The van der Waals surface area contributed by atoms with E-state index in [1.807, 2.05) is 6.07 Å². The zero-order valence-corrected chi connectivity index (χ0v) is 12.4. The SMILES string of the molecule is CC(=O)c1ccc2c(c1)CCN2CCN1CCCCC1. The number of likely N-dealkylation sites (tertiary alicyclic amines) is 1. The van der Waals surface area contributed by atoms with Gasteiger partial charge in [0.2, 0.25) is 0 Å². The van der Waals surface area contributed by atoms with Crippen molar-refractivity contribution in [3.63, 3.8) is 0 Å². The van der Waals surface area contributed by atoms with Gasteiger partial charge in [-0.15, -0.1) is 0 Å². The number of anilines is 1. The second kappa shape index (κ2) is 5.96. The molecular weight excluding hydrogens is 248 g/mol. The van der Waals surface area contributed by atoms with Gasteiger partial charge >= 0.3 is 0 Å². The standard InChI is InChI=1S/C17H24N2O/c1-14(20)15-5-6-17-16(13-15)7-10-19(17)12-11-18-8-3-2-4-9-18/h5-6,13H,2-4,7-12H2,1H3. The second-order valence-corrected chi connectivity index (χ2v) is 6.04. The topological polar surface area (TPSA) is 23.6 Å². The molecule has 3 rings (SSSR count). The molecule has 0 bridgehead atoms. The average molecular weight is 272 g/mol. The Labute approximate surface area is 121 Å². The molecule has 20 heavy (non-hydrogen) atoms. The molecule has 0 aliphatic carbocycles. The molecule has 0 spiro atoms. The van der Waals surface area contributed by atoms with Gasteiger partial charge in [0, 0.05) is 30.9 Å². The summed E-state index contributed by atoms with van der Waals surface area (Å²) in [6.45, 7) is 7.57. The van der Waals surface area contributed by atoms with Crippen molar-refractivity contribution >= 4 is 11.5 Å². The minimum atomic E-state index is 0.166. The molecule has 3 nitrogen and oxygen atoms in total. The van der Waals surface area contributed by atoms with Gasteiger partial charge in [-0.2, -0.15) is 0 Å². The zero-order chi connectivity index (χ0) is 13.9. The molecule has 1 fully saturated rings. The summed E-state index contributed by atoms with van der Waals surface area (Å²) in [5.74, 6) is 0.166. The Hall–Kier alpha value is -1.35. The predicted octanol–water partition coefficient (Wildman–Crippen LogP) is 2.74. The number of carbonyl (C=O) groups is 1. The molecule has 0 unspecified atom stereocenters. The molecular formula is C17H24N2O. The molecule has 0 amide bonds. The third-order valence-electron chi connectivity index (χ3n) is 4.61. The summed E-state index contributed by atoms with van der Waals surface area (Å²) in [5, 5.41) is 0. The molecule has 0 saturated carbocycles. The average Bonchev–Trinajstić information content (AvgIpc) is 2.88. The van der Waals surface area contributed by atoms with Gasteiger partial charge in [0.1, 0.15) is 0 Å². The highest BCUT2D eigenvalue weighted by Gasteiger charge is 2.20. The Morgan fingerprint density at radius 2 is 1.90 bits per heavy atom. The maximum atomic E-state index is 11.4. The predicted molar refractivity (Wildman–Crippen MR) is 82.7 cm³/mol. The van der Waals surface area contributed by atoms with E-state index >= 15 is 0 Å². The Morgan fingerprint density at radius 1 is 1.10 bits per heavy atom. The van der Waals surface area contributed by atoms with Gasteiger partial charge in [-0.25, -0.2) is 0 Å². The highest BCUT2D eigenvalue weighted by Crippen LogP contribution is 2.28. The Balaban J connectivity index is 1.62. The lowest BCUT2D eigenvalue weighted by Gasteiger charge is -2.29. The summed E-state index contributed by atoms with van der Waals surface area (Å²) in [5.41, 5.74) is 3.53. The molecule has 1 saturated heterocycles. The highest BCUT2D eigenvalue weighted by atomic mass is 16.1. The molecule has 0 atom stereocenters. The van der Waals surface area contributed by atoms with Crippen molar-refractivity contribution in [2.75, 3.05) is 37.6 Å². The van der Waals surface area contributed by atoms with Crippen molar-refractivity contribution in [3.8, 4) is 0 Å². The number of fused-ring (bicyclic) bond motifs is 1. The van der Waals surface area contributed by atoms with E-state index in [9.17, 15) is 4.79 Å². The molecule has 2 heterocycles. The van der Waals surface area contributed by atoms with E-state index in [4.69, 9.17) is 0 Å². The van der Waals surface area contributed by atoms with Crippen molar-refractivity contribution in [1.29, 1.82) is 0 Å². The van der Waals surface area contributed by atoms with Crippen LogP contribution in [-0.2, 0) is 6.42 Å². The van der Waals surface area contributed by atoms with Crippen molar-refractivity contribution in [2.24, 2.45) is 0 Å². The molecule has 1 aromatic carbocycles. The number of Topliss-reactive ketones (excluding diaryl/α,β-unsaturated/α-hetero) is 1. The lowest BCUT2D eigenvalue weighted by molar-refractivity contribution is 0.101. The first kappa shape index (κ1) is 13.6. The molecule has 0 aromatic heterocycles. The third kappa shape index (κ3) is 2.88. The van der Waals surface area contributed by atoms with E-state index in [0.29, 0.717) is 0 Å². The van der Waals surface area contributed by atoms with E-state index in [1.54, 1.807) is 6.92 Å². The minimum absolute atomic E-state index is 0.166. The van der Waals surface area contributed by atoms with Crippen molar-refractivity contribution in [3.05, 3.63) is 29.3 Å². The zero-order valence-electron chi connectivity index (χ0n) is 12.4. The van der Waals surface area contributed by atoms with Crippen LogP contribution in [0.3, 0.4) is 0 Å². The van der Waals surface area contributed by atoms with E-state index in [0.717, 1.165) is 25.1 Å². The molecule has 108 valence electrons. The first-order valence-corrected chi connectivity index (χ1v) is 7.85. The van der Waals surface area contributed by atoms with E-state index < -0.39 is 0 Å². The molecule has 3 heteroatoms. The van der Waals surface area contributed by atoms with Crippen LogP contribution >= 0.6 is 0 Å². The molecule has 0 N–H and O–H groups in total. The van der Waals surface area contributed by atoms with Gasteiger partial charge in [0.25, 0.3) is 0 Å². The number of nitrogens with zero attached hydrogens (tertiary/aromatic N) is 2. The number of piperidine rings is 1. The quantitative estimate of drug-likeness (QED) is 0.787. The van der Waals surface area contributed by atoms with Crippen LogP contribution < -0.4 is 4.90 Å². The molecule has 0 radical (unpaired) electrons. The Bertz CT molecular complexity index is 492. The normalized spacial score (nSPS) is 19.1. The van der Waals surface area contributed by atoms with Crippen LogP contribution in [0.15, 0.2) is 18.2 Å². The number of hydrogen-bond acceptors (Lipinski definition) is 3. The monoisotopic (exact) mass is 272 g/mol. The Morgan fingerprint density at radius 3 is 2.65 bits per heavy atom. The van der Waals surface area contributed by atoms with Crippen LogP contribution in [0.5, 0.6) is 0 Å². The number of carbonyl (C=O) groups excluding carboxylic acids is 1. The second-order valence-electron chi connectivity index (χ2n) is 6.04. The van der Waals surface area contributed by atoms with Crippen molar-refractivity contribution in [1.82, 2.24) is 4.90 Å². The van der Waals surface area contributed by atoms with Gasteiger partial charge < -0.3 is 9.80 Å². The van der Waals surface area contributed by atoms with Crippen LogP contribution in [0.25, 0.3) is 0 Å². The smallest absolute Gasteiger partial charge is 0.159 e. The van der Waals surface area contributed by atoms with Crippen molar-refractivity contribution < 1.29 is 4.79 Å². The summed E-state index contributed by atoms with van der Waals surface area (Å²) in [7, 11) is 0. The molecule has 2 aliphatic heterocycles. The van der Waals surface area contributed by atoms with Crippen molar-refractivity contribution in [2.45, 2.75) is 32.6 Å². The number of ketones is 1. The number of benzene rings is 1. The van der Waals surface area contributed by atoms with Gasteiger partial charge in [-0.1, -0.05) is 6.42 Å². The van der Waals surface area contributed by atoms with Gasteiger partial charge in [0.15, 0.2) is 5.78 Å². The lowest BCUT2D eigenvalue weighted by atomic mass is 10.1. The van der Waals surface area contributed by atoms with Crippen LogP contribution in [0.4, 0.5) is 5.69 Å². The lowest BCUT2D eigenvalue weighted by Crippen LogP contribution is -2.37. The van der Waals surface area contributed by atoms with E-state index in [1.165, 1.54) is 50.1 Å². The van der Waals surface area contributed by atoms with E-state index in [2.05, 4.69) is 21.9 Å². The Kier molecular flexibility index (Phi) is 4.06. The maximum Gasteiger partial charge on any atom is 0.159 e. The number of rotatable bonds is 4. The van der Waals surface area contributed by atoms with Crippen LogP contribution in [0.1, 0.15) is 42.1 Å². The first-order chi connectivity index (χ1) is 9.74. The summed E-state index contributed by atoms with van der Waals surface area (Å²) < 4.78 is 0. The third-order valence-corrected chi connectivity index (χ3v) is 4.61. The minimum Gasteiger partial charge on any atom is -0.370 e. The van der Waals surface area contributed by atoms with Gasteiger partial charge in [-0.3, -0.25) is 4.79 Å². The van der Waals surface area contributed by atoms with E-state index in [-0.39, 0.29) is 5.78 Å². The number of hydrogen-bond donors (Lipinski definition) is 0. The molecule has 1 aromatic rings. The summed E-state index contributed by atoms with van der Waals surface area (Å²) in [6.07, 6.45) is 5.20. The van der Waals surface area contributed by atoms with Crippen LogP contribution in [0.2, 0.25) is 0 Å². The van der Waals surface area contributed by atoms with Crippen LogP contribution in [-0.4, -0.2) is 43.4 Å². The fourth-order valence-corrected chi connectivity index (χ4v) is 3.37. The highest BCUT2D eigenvalue weighted by molar-refractivity contribution is 5.94. The van der Waals surface area contributed by atoms with Gasteiger partial charge in [-0.05, 0) is 63.0 Å². The fourth-order valence-electron chi connectivity index (χ4n) is 3.37. The maximum absolute atomic E-state index is 11.4. The fraction of sp³-hybridized carbons (Fsp3) is 0.588. The largest absolute Gasteiger partial charge is 0.370 e.